The Morgan fingerprint density at radius 1 is 0.971 bits per heavy atom. The van der Waals surface area contributed by atoms with Gasteiger partial charge >= 0.3 is 0 Å². The molecule has 0 unspecified atom stereocenters. The number of nitrogens with two attached hydrogens (primary N) is 1. The number of carbonyl (C=O) groups excluding carboxylic acids is 2. The summed E-state index contributed by atoms with van der Waals surface area (Å²) in [5, 5.41) is 6.32. The zero-order valence-electron chi connectivity index (χ0n) is 20.4. The van der Waals surface area contributed by atoms with E-state index in [1.807, 2.05) is 0 Å². The minimum atomic E-state index is -0.0648. The van der Waals surface area contributed by atoms with E-state index in [1.165, 1.54) is 11.3 Å². The Balaban J connectivity index is 1.27. The van der Waals surface area contributed by atoms with Crippen molar-refractivity contribution in [3.63, 3.8) is 0 Å². The summed E-state index contributed by atoms with van der Waals surface area (Å²) in [4.78, 5) is 32.8. The van der Waals surface area contributed by atoms with Crippen molar-refractivity contribution in [2.75, 3.05) is 16.4 Å². The summed E-state index contributed by atoms with van der Waals surface area (Å²) in [5.74, 6) is 2.11. The molecule has 0 saturated carbocycles. The zero-order valence-corrected chi connectivity index (χ0v) is 22.1. The molecule has 0 spiro atoms. The first-order valence-electron chi connectivity index (χ1n) is 11.7. The molecule has 1 aromatic carbocycles. The molecule has 3 aromatic rings. The van der Waals surface area contributed by atoms with Crippen LogP contribution in [0.1, 0.15) is 70.9 Å². The van der Waals surface area contributed by atoms with Crippen LogP contribution in [0.5, 0.6) is 0 Å². The summed E-state index contributed by atoms with van der Waals surface area (Å²) in [6.07, 6.45) is 7.80. The lowest BCUT2D eigenvalue weighted by Gasteiger charge is -2.12. The van der Waals surface area contributed by atoms with Gasteiger partial charge in [0.05, 0.1) is 22.4 Å². The highest BCUT2D eigenvalue weighted by atomic mass is 32.2. The van der Waals surface area contributed by atoms with Crippen LogP contribution >= 0.6 is 23.1 Å². The molecule has 10 heteroatoms. The highest BCUT2D eigenvalue weighted by Crippen LogP contribution is 2.31. The number of unbranched alkanes of at least 4 members (excludes halogenated alkanes) is 3. The van der Waals surface area contributed by atoms with E-state index in [2.05, 4.69) is 41.4 Å². The Bertz CT molecular complexity index is 1100. The molecule has 0 atom stereocenters. The molecule has 0 aliphatic rings. The molecule has 0 fully saturated rings. The fourth-order valence-electron chi connectivity index (χ4n) is 3.14. The molecule has 2 heterocycles. The highest BCUT2D eigenvalue weighted by molar-refractivity contribution is 8.00. The first-order valence-corrected chi connectivity index (χ1v) is 13.5. The number of nitrogen functional groups attached to an aromatic ring is 1. The molecule has 8 nitrogen and oxygen atoms in total. The van der Waals surface area contributed by atoms with E-state index in [0.29, 0.717) is 35.3 Å². The van der Waals surface area contributed by atoms with E-state index < -0.39 is 0 Å². The molecule has 35 heavy (non-hydrogen) atoms. The maximum absolute atomic E-state index is 12.2. The second-order valence-electron chi connectivity index (χ2n) is 9.27. The second kappa shape index (κ2) is 12.7. The number of benzene rings is 1. The third kappa shape index (κ3) is 9.37. The van der Waals surface area contributed by atoms with Gasteiger partial charge in [0.1, 0.15) is 5.76 Å². The Morgan fingerprint density at radius 2 is 1.63 bits per heavy atom. The number of nitrogens with zero attached hydrogens (tertiary/aromatic N) is 2. The number of anilines is 3. The topological polar surface area (TPSA) is 123 Å². The number of hydrogen-bond acceptors (Lipinski definition) is 8. The van der Waals surface area contributed by atoms with E-state index in [0.717, 1.165) is 41.3 Å². The molecular weight excluding hydrogens is 482 g/mol. The van der Waals surface area contributed by atoms with E-state index in [9.17, 15) is 9.59 Å². The van der Waals surface area contributed by atoms with E-state index in [1.54, 1.807) is 48.4 Å². The number of amides is 2. The normalized spacial score (nSPS) is 11.4. The van der Waals surface area contributed by atoms with E-state index >= 15 is 0 Å². The van der Waals surface area contributed by atoms with Crippen molar-refractivity contribution in [3.8, 4) is 0 Å². The number of rotatable bonds is 12. The lowest BCUT2D eigenvalue weighted by atomic mass is 9.94. The van der Waals surface area contributed by atoms with E-state index in [-0.39, 0.29) is 17.2 Å². The Kier molecular flexibility index (Phi) is 9.73. The number of carbonyl (C=O) groups is 2. The SMILES string of the molecule is CC(C)(C)c1cnc(CSc2cnc(NC(=O)CCCCCCC(=O)Nc3ccc(N)cc3)s2)o1. The van der Waals surface area contributed by atoms with Crippen molar-refractivity contribution in [3.05, 3.63) is 48.3 Å². The predicted octanol–water partition coefficient (Wildman–Crippen LogP) is 6.22. The minimum Gasteiger partial charge on any atom is -0.444 e. The van der Waals surface area contributed by atoms with Gasteiger partial charge in [-0.15, -0.1) is 11.8 Å². The Hall–Kier alpha value is -2.85. The van der Waals surface area contributed by atoms with Crippen LogP contribution in [0.3, 0.4) is 0 Å². The lowest BCUT2D eigenvalue weighted by Crippen LogP contribution is -2.11. The van der Waals surface area contributed by atoms with Crippen molar-refractivity contribution < 1.29 is 14.0 Å². The third-order valence-corrected chi connectivity index (χ3v) is 7.21. The van der Waals surface area contributed by atoms with Crippen LogP contribution in [0.2, 0.25) is 0 Å². The van der Waals surface area contributed by atoms with E-state index in [4.69, 9.17) is 10.2 Å². The summed E-state index contributed by atoms with van der Waals surface area (Å²) in [6, 6.07) is 7.09. The van der Waals surface area contributed by atoms with Crippen molar-refractivity contribution in [2.24, 2.45) is 0 Å². The van der Waals surface area contributed by atoms with Crippen molar-refractivity contribution in [1.29, 1.82) is 0 Å². The van der Waals surface area contributed by atoms with Gasteiger partial charge in [0.25, 0.3) is 0 Å². The van der Waals surface area contributed by atoms with Crippen LogP contribution in [0.25, 0.3) is 0 Å². The van der Waals surface area contributed by atoms with Gasteiger partial charge < -0.3 is 20.8 Å². The monoisotopic (exact) mass is 515 g/mol. The number of thiazole rings is 1. The highest BCUT2D eigenvalue weighted by Gasteiger charge is 2.19. The third-order valence-electron chi connectivity index (χ3n) is 5.11. The summed E-state index contributed by atoms with van der Waals surface area (Å²) in [5.41, 5.74) is 6.99. The lowest BCUT2D eigenvalue weighted by molar-refractivity contribution is -0.117. The molecule has 0 aliphatic carbocycles. The van der Waals surface area contributed by atoms with Gasteiger partial charge in [0.2, 0.25) is 17.7 Å². The fraction of sp³-hybridized carbons (Fsp3) is 0.440. The Morgan fingerprint density at radius 3 is 2.26 bits per heavy atom. The average molecular weight is 516 g/mol. The van der Waals surface area contributed by atoms with Crippen LogP contribution in [0, 0.1) is 0 Å². The minimum absolute atomic E-state index is 0.0116. The van der Waals surface area contributed by atoms with Gasteiger partial charge in [-0.05, 0) is 37.1 Å². The van der Waals surface area contributed by atoms with Crippen LogP contribution < -0.4 is 16.4 Å². The van der Waals surface area contributed by atoms with Crippen LogP contribution in [0.15, 0.2) is 45.3 Å². The molecule has 0 saturated heterocycles. The first kappa shape index (κ1) is 26.7. The smallest absolute Gasteiger partial charge is 0.226 e. The Labute approximate surface area is 214 Å². The summed E-state index contributed by atoms with van der Waals surface area (Å²) in [7, 11) is 0. The number of thioether (sulfide) groups is 1. The van der Waals surface area contributed by atoms with Crippen LogP contribution in [-0.2, 0) is 20.8 Å². The largest absolute Gasteiger partial charge is 0.444 e. The molecule has 188 valence electrons. The van der Waals surface area contributed by atoms with Crippen LogP contribution in [-0.4, -0.2) is 21.8 Å². The number of hydrogen-bond donors (Lipinski definition) is 3. The standard InChI is InChI=1S/C25H33N5O3S2/c1-25(2,3)19-14-27-22(33-19)16-34-23-15-28-24(35-23)30-21(32)9-7-5-4-6-8-20(31)29-18-12-10-17(26)11-13-18/h10-15H,4-9,16,26H2,1-3H3,(H,29,31)(H,28,30,32). The molecule has 0 radical (unpaired) electrons. The molecule has 4 N–H and O–H groups in total. The number of oxazole rings is 1. The first-order chi connectivity index (χ1) is 16.7. The molecule has 2 amide bonds. The maximum atomic E-state index is 12.2. The zero-order chi connectivity index (χ0) is 25.3. The van der Waals surface area contributed by atoms with Gasteiger partial charge in [0.15, 0.2) is 5.13 Å². The van der Waals surface area contributed by atoms with Crippen molar-refractivity contribution >= 4 is 51.4 Å². The summed E-state index contributed by atoms with van der Waals surface area (Å²) in [6.45, 7) is 6.27. The molecular formula is C25H33N5O3S2. The van der Waals surface area contributed by atoms with Gasteiger partial charge in [-0.3, -0.25) is 9.59 Å². The summed E-state index contributed by atoms with van der Waals surface area (Å²) >= 11 is 3.03. The quantitative estimate of drug-likeness (QED) is 0.149. The second-order valence-corrected chi connectivity index (χ2v) is 11.6. The fourth-order valence-corrected chi connectivity index (χ4v) is 4.88. The number of aromatic nitrogens is 2. The molecule has 2 aromatic heterocycles. The van der Waals surface area contributed by atoms with Crippen molar-refractivity contribution in [1.82, 2.24) is 9.97 Å². The average Bonchev–Trinajstić information content (AvgIpc) is 3.46. The van der Waals surface area contributed by atoms with Gasteiger partial charge in [0, 0.05) is 29.6 Å². The van der Waals surface area contributed by atoms with Gasteiger partial charge in [-0.25, -0.2) is 9.97 Å². The van der Waals surface area contributed by atoms with Crippen LogP contribution in [0.4, 0.5) is 16.5 Å². The molecule has 0 aliphatic heterocycles. The molecule has 3 rings (SSSR count). The van der Waals surface area contributed by atoms with Gasteiger partial charge in [-0.2, -0.15) is 0 Å². The van der Waals surface area contributed by atoms with Gasteiger partial charge in [-0.1, -0.05) is 44.9 Å². The maximum Gasteiger partial charge on any atom is 0.226 e. The summed E-state index contributed by atoms with van der Waals surface area (Å²) < 4.78 is 6.81. The predicted molar refractivity (Wildman–Crippen MR) is 143 cm³/mol. The molecule has 0 bridgehead atoms. The van der Waals surface area contributed by atoms with Crippen molar-refractivity contribution in [2.45, 2.75) is 74.7 Å². The number of nitrogens with one attached hydrogen (secondary N) is 2.